The van der Waals surface area contributed by atoms with Crippen LogP contribution >= 0.6 is 0 Å². The van der Waals surface area contributed by atoms with Crippen molar-refractivity contribution in [2.24, 2.45) is 5.73 Å². The summed E-state index contributed by atoms with van der Waals surface area (Å²) in [6, 6.07) is 0. The van der Waals surface area contributed by atoms with Crippen LogP contribution in [0.2, 0.25) is 0 Å². The molecule has 9 N–H and O–H groups in total. The molecule has 0 spiro atoms. The first kappa shape index (κ1) is 44.6. The van der Waals surface area contributed by atoms with Crippen molar-refractivity contribution in [1.82, 2.24) is 36.8 Å². The molecule has 0 atom stereocenters. The van der Waals surface area contributed by atoms with Gasteiger partial charge in [0, 0.05) is 55.3 Å². The molecule has 0 aliphatic heterocycles. The predicted molar refractivity (Wildman–Crippen MR) is 170 cm³/mol. The van der Waals surface area contributed by atoms with Gasteiger partial charge in [0.1, 0.15) is 0 Å². The molecule has 40 heavy (non-hydrogen) atoms. The van der Waals surface area contributed by atoms with E-state index in [9.17, 15) is 19.2 Å². The van der Waals surface area contributed by atoms with Crippen molar-refractivity contribution in [3.63, 3.8) is 0 Å². The van der Waals surface area contributed by atoms with E-state index in [-0.39, 0.29) is 78.5 Å². The Morgan fingerprint density at radius 3 is 1.73 bits per heavy atom. The third kappa shape index (κ3) is 42.7. The Morgan fingerprint density at radius 2 is 1.30 bits per heavy atom. The smallest absolute Gasteiger partial charge is 0.239 e. The van der Waals surface area contributed by atoms with E-state index in [2.05, 4.69) is 38.8 Å². The lowest BCUT2D eigenvalue weighted by molar-refractivity contribution is -0.129. The highest BCUT2D eigenvalue weighted by atomic mass is 16.5. The average molecular weight is 595 g/mol. The van der Waals surface area contributed by atoms with Crippen LogP contribution in [0.4, 0.5) is 0 Å². The van der Waals surface area contributed by atoms with Crippen molar-refractivity contribution in [3.8, 4) is 0 Å². The van der Waals surface area contributed by atoms with Crippen LogP contribution in [0, 0.1) is 0 Å². The lowest BCUT2D eigenvalue weighted by Crippen LogP contribution is -2.40. The van der Waals surface area contributed by atoms with E-state index in [1.807, 2.05) is 20.9 Å². The Kier molecular flexibility index (Phi) is 43.2. The Labute approximate surface area is 249 Å². The number of amides is 4. The molecular weight excluding hydrogens is 524 g/mol. The van der Waals surface area contributed by atoms with Crippen molar-refractivity contribution >= 4 is 23.6 Å². The van der Waals surface area contributed by atoms with Crippen molar-refractivity contribution < 1.29 is 42.3 Å². The Balaban J connectivity index is -0.0000000963. The van der Waals surface area contributed by atoms with Crippen molar-refractivity contribution in [2.45, 2.75) is 41.0 Å². The van der Waals surface area contributed by atoms with E-state index in [0.29, 0.717) is 26.2 Å². The molecule has 0 fully saturated rings. The number of rotatable bonds is 20. The SMILES string of the molecule is CC.CCCN.CCO.CNCCN(C)C(=O)CNCOCCNC(=O)CNCOCCNC(=O)CNC(C)=O.[HH].[HH].[HH].[HH].[HH].[HH]. The van der Waals surface area contributed by atoms with Gasteiger partial charge >= 0.3 is 0 Å². The van der Waals surface area contributed by atoms with E-state index in [1.54, 1.807) is 18.9 Å². The second kappa shape index (κ2) is 38.7. The fraction of sp³-hybridized carbons (Fsp3) is 0.840. The van der Waals surface area contributed by atoms with Gasteiger partial charge in [0.25, 0.3) is 0 Å². The summed E-state index contributed by atoms with van der Waals surface area (Å²) < 4.78 is 10.5. The van der Waals surface area contributed by atoms with Crippen LogP contribution in [0.15, 0.2) is 0 Å². The van der Waals surface area contributed by atoms with Crippen LogP contribution in [0.1, 0.15) is 49.6 Å². The molecule has 0 aromatic heterocycles. The zero-order chi connectivity index (χ0) is 31.4. The summed E-state index contributed by atoms with van der Waals surface area (Å²) in [4.78, 5) is 47.0. The van der Waals surface area contributed by atoms with Gasteiger partial charge in [-0.2, -0.15) is 0 Å². The van der Waals surface area contributed by atoms with Crippen molar-refractivity contribution in [3.05, 3.63) is 0 Å². The molecule has 0 unspecified atom stereocenters. The van der Waals surface area contributed by atoms with Gasteiger partial charge in [-0.3, -0.25) is 29.8 Å². The first-order chi connectivity index (χ1) is 19.2. The quantitative estimate of drug-likeness (QED) is 0.0634. The first-order valence-corrected chi connectivity index (χ1v) is 13.7. The molecule has 0 aromatic carbocycles. The second-order valence-electron chi connectivity index (χ2n) is 7.59. The number of aliphatic hydroxyl groups is 1. The molecule has 0 rings (SSSR count). The number of hydrogen-bond acceptors (Lipinski definition) is 11. The Hall–Kier alpha value is -2.40. The number of carbonyl (C=O) groups excluding carboxylic acids is 4. The second-order valence-corrected chi connectivity index (χ2v) is 7.59. The Morgan fingerprint density at radius 1 is 0.850 bits per heavy atom. The lowest BCUT2D eigenvalue weighted by atomic mass is 10.5. The summed E-state index contributed by atoms with van der Waals surface area (Å²) in [5, 5.41) is 23.9. The number of hydrogen-bond donors (Lipinski definition) is 8. The minimum atomic E-state index is -0.299. The number of likely N-dealkylation sites (N-methyl/N-ethyl adjacent to an activating group) is 2. The van der Waals surface area contributed by atoms with Gasteiger partial charge in [-0.1, -0.05) is 20.8 Å². The van der Waals surface area contributed by atoms with Crippen molar-refractivity contribution in [2.75, 3.05) is 99.7 Å². The molecule has 0 bridgehead atoms. The fourth-order valence-corrected chi connectivity index (χ4v) is 2.01. The van der Waals surface area contributed by atoms with Gasteiger partial charge in [0.05, 0.1) is 46.3 Å². The highest BCUT2D eigenvalue weighted by Crippen LogP contribution is 1.82. The van der Waals surface area contributed by atoms with Gasteiger partial charge in [-0.25, -0.2) is 0 Å². The molecule has 4 amide bonds. The monoisotopic (exact) mass is 595 g/mol. The minimum Gasteiger partial charge on any atom is -0.397 e. The number of aliphatic hydroxyl groups excluding tert-OH is 1. The summed E-state index contributed by atoms with van der Waals surface area (Å²) >= 11 is 0. The summed E-state index contributed by atoms with van der Waals surface area (Å²) in [6.07, 6.45) is 1.10. The van der Waals surface area contributed by atoms with E-state index >= 15 is 0 Å². The van der Waals surface area contributed by atoms with Crippen LogP contribution in [0.5, 0.6) is 0 Å². The molecule has 0 heterocycles. The van der Waals surface area contributed by atoms with E-state index < -0.39 is 0 Å². The standard InChI is InChI=1S/C18H37N7O6.C3H9N.C2H6O.C2H6.6H2/c1-15(26)24-11-17(28)23-6-9-30-13-20-10-16(27)22-5-8-31-14-21-12-18(29)25(3)7-4-19-2;1-2-3-4;1-2-3;1-2;;;;;;/h19-21H,4-14H2,1-3H3,(H,22,27)(H,23,28)(H,24,26);2-4H2,1H3;3H,2H2,1H3;1-2H3;6*1H. The Bertz CT molecular complexity index is 611. The third-order valence-corrected chi connectivity index (χ3v) is 4.02. The van der Waals surface area contributed by atoms with Gasteiger partial charge < -0.3 is 46.5 Å². The van der Waals surface area contributed by atoms with E-state index in [0.717, 1.165) is 19.5 Å². The number of ether oxygens (including phenoxy) is 2. The topological polar surface area (TPSA) is 208 Å². The maximum atomic E-state index is 11.8. The highest BCUT2D eigenvalue weighted by Gasteiger charge is 2.07. The number of carbonyl (C=O) groups is 4. The summed E-state index contributed by atoms with van der Waals surface area (Å²) in [7, 11) is 3.57. The number of nitrogens with two attached hydrogens (primary N) is 1. The van der Waals surface area contributed by atoms with Crippen LogP contribution in [0.25, 0.3) is 0 Å². The lowest BCUT2D eigenvalue weighted by Gasteiger charge is -2.17. The zero-order valence-corrected chi connectivity index (χ0v) is 25.8. The largest absolute Gasteiger partial charge is 0.397 e. The normalized spacial score (nSPS) is 9.43. The predicted octanol–water partition coefficient (Wildman–Crippen LogP) is -0.984. The van der Waals surface area contributed by atoms with Gasteiger partial charge in [0.15, 0.2) is 0 Å². The minimum absolute atomic E-state index is 0. The van der Waals surface area contributed by atoms with Crippen LogP contribution in [0.3, 0.4) is 0 Å². The number of nitrogens with zero attached hydrogens (tertiary/aromatic N) is 1. The van der Waals surface area contributed by atoms with Gasteiger partial charge in [0.2, 0.25) is 23.6 Å². The van der Waals surface area contributed by atoms with Gasteiger partial charge in [-0.05, 0) is 26.9 Å². The van der Waals surface area contributed by atoms with Crippen LogP contribution < -0.4 is 37.6 Å². The molecule has 0 saturated heterocycles. The summed E-state index contributed by atoms with van der Waals surface area (Å²) in [5.74, 6) is -0.794. The molecule has 15 heteroatoms. The highest BCUT2D eigenvalue weighted by molar-refractivity contribution is 5.83. The van der Waals surface area contributed by atoms with Gasteiger partial charge in [-0.15, -0.1) is 0 Å². The molecule has 15 nitrogen and oxygen atoms in total. The first-order valence-electron chi connectivity index (χ1n) is 13.7. The fourth-order valence-electron chi connectivity index (χ4n) is 2.01. The molecule has 0 aliphatic carbocycles. The molecular formula is C25H70N8O7. The summed E-state index contributed by atoms with van der Waals surface area (Å²) in [6.45, 7) is 13.3. The van der Waals surface area contributed by atoms with Crippen molar-refractivity contribution in [1.29, 1.82) is 0 Å². The molecule has 0 radical (unpaired) electrons. The maximum absolute atomic E-state index is 11.8. The van der Waals surface area contributed by atoms with E-state index in [4.69, 9.17) is 20.3 Å². The average Bonchev–Trinajstić information content (AvgIpc) is 2.95. The molecule has 252 valence electrons. The summed E-state index contributed by atoms with van der Waals surface area (Å²) in [5.41, 5.74) is 5.03. The maximum Gasteiger partial charge on any atom is 0.239 e. The van der Waals surface area contributed by atoms with Crippen LogP contribution in [-0.2, 0) is 28.7 Å². The molecule has 0 saturated carbocycles. The molecule has 0 aromatic rings. The number of nitrogens with one attached hydrogen (secondary N) is 6. The van der Waals surface area contributed by atoms with E-state index in [1.165, 1.54) is 6.92 Å². The molecule has 0 aliphatic rings. The zero-order valence-electron chi connectivity index (χ0n) is 25.8. The van der Waals surface area contributed by atoms with Crippen LogP contribution in [-0.4, -0.2) is 133 Å². The third-order valence-electron chi connectivity index (χ3n) is 4.02.